The molecule has 0 bridgehead atoms. The molecule has 90 valence electrons. The van der Waals surface area contributed by atoms with Gasteiger partial charge in [-0.15, -0.1) is 0 Å². The van der Waals surface area contributed by atoms with Crippen molar-refractivity contribution in [2.45, 2.75) is 6.10 Å². The summed E-state index contributed by atoms with van der Waals surface area (Å²) < 4.78 is 13.0. The average molecular weight is 302 g/mol. The molecule has 0 aromatic heterocycles. The van der Waals surface area contributed by atoms with E-state index >= 15 is 0 Å². The van der Waals surface area contributed by atoms with Gasteiger partial charge in [0.2, 0.25) is 0 Å². The van der Waals surface area contributed by atoms with Crippen LogP contribution in [0.1, 0.15) is 10.4 Å². The van der Waals surface area contributed by atoms with E-state index in [0.29, 0.717) is 11.0 Å². The molecule has 1 N–H and O–H groups in total. The third kappa shape index (κ3) is 2.10. The number of halogens is 2. The fourth-order valence-electron chi connectivity index (χ4n) is 1.71. The van der Waals surface area contributed by atoms with Crippen LogP contribution in [0.5, 0.6) is 0 Å². The van der Waals surface area contributed by atoms with Crippen molar-refractivity contribution in [1.29, 1.82) is 0 Å². The number of alkyl halides is 1. The monoisotopic (exact) mass is 301 g/mol. The Morgan fingerprint density at radius 3 is 2.76 bits per heavy atom. The predicted octanol–water partition coefficient (Wildman–Crippen LogP) is 1.11. The molecule has 1 unspecified atom stereocenters. The first-order chi connectivity index (χ1) is 8.04. The zero-order chi connectivity index (χ0) is 12.6. The molecule has 1 amide bonds. The number of β-amino-alcohol motifs (C(OH)–C–C–N with tert-alkyl or cyclic N) is 1. The largest absolute Gasteiger partial charge is 0.390 e. The smallest absolute Gasteiger partial charge is 0.299 e. The van der Waals surface area contributed by atoms with E-state index in [1.54, 1.807) is 0 Å². The van der Waals surface area contributed by atoms with Gasteiger partial charge in [0.15, 0.2) is 0 Å². The first-order valence-corrected chi connectivity index (χ1v) is 6.06. The number of carbonyl (C=O) groups excluding carboxylic acids is 2. The maximum absolute atomic E-state index is 13.0. The van der Waals surface area contributed by atoms with Gasteiger partial charge >= 0.3 is 0 Å². The van der Waals surface area contributed by atoms with Crippen LogP contribution in [0.3, 0.4) is 0 Å². The molecule has 1 aliphatic rings. The highest BCUT2D eigenvalue weighted by atomic mass is 79.9. The van der Waals surface area contributed by atoms with Gasteiger partial charge in [0, 0.05) is 5.33 Å². The summed E-state index contributed by atoms with van der Waals surface area (Å²) in [7, 11) is 0. The third-order valence-corrected chi connectivity index (χ3v) is 3.25. The van der Waals surface area contributed by atoms with Crippen LogP contribution in [-0.2, 0) is 4.79 Å². The van der Waals surface area contributed by atoms with Crippen molar-refractivity contribution in [1.82, 2.24) is 0 Å². The van der Waals surface area contributed by atoms with Crippen LogP contribution >= 0.6 is 15.9 Å². The van der Waals surface area contributed by atoms with E-state index in [-0.39, 0.29) is 12.1 Å². The maximum Gasteiger partial charge on any atom is 0.299 e. The standard InChI is InChI=1S/C11H9BrFNO3/c12-4-7(15)5-14-9-2-1-6(13)3-8(9)10(16)11(14)17/h1-3,7,15H,4-5H2. The molecule has 0 spiro atoms. The lowest BCUT2D eigenvalue weighted by Crippen LogP contribution is -2.37. The summed E-state index contributed by atoms with van der Waals surface area (Å²) in [4.78, 5) is 24.4. The Morgan fingerprint density at radius 2 is 2.12 bits per heavy atom. The highest BCUT2D eigenvalue weighted by Gasteiger charge is 2.36. The molecule has 0 saturated heterocycles. The van der Waals surface area contributed by atoms with Gasteiger partial charge in [0.05, 0.1) is 23.9 Å². The molecular weight excluding hydrogens is 293 g/mol. The Balaban J connectivity index is 2.38. The number of carbonyl (C=O) groups is 2. The first kappa shape index (κ1) is 12.2. The molecule has 1 heterocycles. The molecule has 4 nitrogen and oxygen atoms in total. The Kier molecular flexibility index (Phi) is 3.26. The van der Waals surface area contributed by atoms with E-state index in [0.717, 1.165) is 6.07 Å². The van der Waals surface area contributed by atoms with Crippen LogP contribution in [-0.4, -0.2) is 34.8 Å². The number of Topliss-reactive ketones (excluding diaryl/α,β-unsaturated/α-hetero) is 1. The van der Waals surface area contributed by atoms with E-state index in [1.807, 2.05) is 0 Å². The number of fused-ring (bicyclic) bond motifs is 1. The Morgan fingerprint density at radius 1 is 1.41 bits per heavy atom. The van der Waals surface area contributed by atoms with Crippen LogP contribution in [0.4, 0.5) is 10.1 Å². The molecule has 0 radical (unpaired) electrons. The molecule has 2 rings (SSSR count). The normalized spacial score (nSPS) is 16.3. The zero-order valence-electron chi connectivity index (χ0n) is 8.69. The number of anilines is 1. The van der Waals surface area contributed by atoms with Gasteiger partial charge in [0.1, 0.15) is 5.82 Å². The second kappa shape index (κ2) is 4.54. The van der Waals surface area contributed by atoms with Gasteiger partial charge in [-0.05, 0) is 18.2 Å². The Hall–Kier alpha value is -1.27. The van der Waals surface area contributed by atoms with Crippen molar-refractivity contribution >= 4 is 33.3 Å². The van der Waals surface area contributed by atoms with Crippen molar-refractivity contribution in [2.24, 2.45) is 0 Å². The highest BCUT2D eigenvalue weighted by molar-refractivity contribution is 9.09. The molecule has 1 aromatic carbocycles. The zero-order valence-corrected chi connectivity index (χ0v) is 10.3. The second-order valence-corrected chi connectivity index (χ2v) is 4.36. The van der Waals surface area contributed by atoms with E-state index in [2.05, 4.69) is 15.9 Å². The van der Waals surface area contributed by atoms with Crippen LogP contribution in [0, 0.1) is 5.82 Å². The third-order valence-electron chi connectivity index (χ3n) is 2.50. The second-order valence-electron chi connectivity index (χ2n) is 3.71. The molecule has 0 fully saturated rings. The number of rotatable bonds is 3. The summed E-state index contributed by atoms with van der Waals surface area (Å²) in [5.74, 6) is -2.03. The number of aliphatic hydroxyl groups excluding tert-OH is 1. The molecule has 17 heavy (non-hydrogen) atoms. The molecule has 6 heteroatoms. The summed E-state index contributed by atoms with van der Waals surface area (Å²) >= 11 is 3.08. The number of amides is 1. The minimum Gasteiger partial charge on any atom is -0.390 e. The van der Waals surface area contributed by atoms with Gasteiger partial charge in [-0.1, -0.05) is 15.9 Å². The molecule has 1 atom stereocenters. The van der Waals surface area contributed by atoms with Crippen LogP contribution in [0.25, 0.3) is 0 Å². The summed E-state index contributed by atoms with van der Waals surface area (Å²) in [5.41, 5.74) is 0.401. The molecule has 0 saturated carbocycles. The molecule has 0 aliphatic carbocycles. The van der Waals surface area contributed by atoms with Crippen molar-refractivity contribution in [3.05, 3.63) is 29.6 Å². The summed E-state index contributed by atoms with van der Waals surface area (Å²) in [5, 5.41) is 9.77. The van der Waals surface area contributed by atoms with Gasteiger partial charge in [-0.25, -0.2) is 4.39 Å². The maximum atomic E-state index is 13.0. The molecule has 1 aliphatic heterocycles. The van der Waals surface area contributed by atoms with E-state index in [9.17, 15) is 19.1 Å². The molecular formula is C11H9BrFNO3. The van der Waals surface area contributed by atoms with Gasteiger partial charge < -0.3 is 10.0 Å². The minimum atomic E-state index is -0.775. The number of hydrogen-bond acceptors (Lipinski definition) is 3. The lowest BCUT2D eigenvalue weighted by atomic mass is 10.1. The Bertz CT molecular complexity index is 492. The van der Waals surface area contributed by atoms with E-state index in [4.69, 9.17) is 0 Å². The summed E-state index contributed by atoms with van der Waals surface area (Å²) in [6.07, 6.45) is -0.775. The van der Waals surface area contributed by atoms with Gasteiger partial charge in [-0.3, -0.25) is 9.59 Å². The first-order valence-electron chi connectivity index (χ1n) is 4.94. The quantitative estimate of drug-likeness (QED) is 0.672. The number of benzene rings is 1. The van der Waals surface area contributed by atoms with E-state index in [1.165, 1.54) is 17.0 Å². The summed E-state index contributed by atoms with van der Waals surface area (Å²) in [6.45, 7) is 0.00839. The summed E-state index contributed by atoms with van der Waals surface area (Å²) in [6, 6.07) is 3.59. The van der Waals surface area contributed by atoms with Gasteiger partial charge in [0.25, 0.3) is 11.7 Å². The van der Waals surface area contributed by atoms with Crippen LogP contribution < -0.4 is 4.90 Å². The topological polar surface area (TPSA) is 57.6 Å². The number of nitrogens with zero attached hydrogens (tertiary/aromatic N) is 1. The highest BCUT2D eigenvalue weighted by Crippen LogP contribution is 2.29. The van der Waals surface area contributed by atoms with Crippen molar-refractivity contribution in [3.63, 3.8) is 0 Å². The number of hydrogen-bond donors (Lipinski definition) is 1. The van der Waals surface area contributed by atoms with E-state index < -0.39 is 23.6 Å². The Labute approximate surface area is 105 Å². The fourth-order valence-corrected chi connectivity index (χ4v) is 1.92. The fraction of sp³-hybridized carbons (Fsp3) is 0.273. The lowest BCUT2D eigenvalue weighted by molar-refractivity contribution is -0.114. The average Bonchev–Trinajstić information content (AvgIpc) is 2.54. The van der Waals surface area contributed by atoms with Crippen molar-refractivity contribution in [3.8, 4) is 0 Å². The number of aliphatic hydroxyl groups is 1. The lowest BCUT2D eigenvalue weighted by Gasteiger charge is -2.18. The molecule has 1 aromatic rings. The van der Waals surface area contributed by atoms with Crippen molar-refractivity contribution in [2.75, 3.05) is 16.8 Å². The number of ketones is 1. The van der Waals surface area contributed by atoms with Crippen molar-refractivity contribution < 1.29 is 19.1 Å². The predicted molar refractivity (Wildman–Crippen MR) is 62.9 cm³/mol. The van der Waals surface area contributed by atoms with Gasteiger partial charge in [-0.2, -0.15) is 0 Å². The SMILES string of the molecule is O=C1C(=O)N(CC(O)CBr)c2ccc(F)cc21. The minimum absolute atomic E-state index is 0.00839. The van der Waals surface area contributed by atoms with Crippen LogP contribution in [0.2, 0.25) is 0 Å². The van der Waals surface area contributed by atoms with Crippen LogP contribution in [0.15, 0.2) is 18.2 Å².